The van der Waals surface area contributed by atoms with Gasteiger partial charge in [-0.2, -0.15) is 0 Å². The van der Waals surface area contributed by atoms with Gasteiger partial charge in [0.1, 0.15) is 11.1 Å². The summed E-state index contributed by atoms with van der Waals surface area (Å²) in [4.78, 5) is 39.7. The molecule has 30 heavy (non-hydrogen) atoms. The molecule has 2 saturated heterocycles. The first-order valence-electron chi connectivity index (χ1n) is 9.59. The molecular formula is C21H21N3O5S. The Kier molecular flexibility index (Phi) is 5.63. The van der Waals surface area contributed by atoms with E-state index in [1.54, 1.807) is 52.9 Å². The molecule has 0 radical (unpaired) electrons. The van der Waals surface area contributed by atoms with Crippen molar-refractivity contribution in [2.75, 3.05) is 30.9 Å². The summed E-state index contributed by atoms with van der Waals surface area (Å²) < 4.78 is 5.16. The highest BCUT2D eigenvalue weighted by Gasteiger charge is 2.41. The summed E-state index contributed by atoms with van der Waals surface area (Å²) in [7, 11) is 1.58. The van der Waals surface area contributed by atoms with E-state index in [-0.39, 0.29) is 29.3 Å². The van der Waals surface area contributed by atoms with Crippen molar-refractivity contribution in [1.82, 2.24) is 4.90 Å². The van der Waals surface area contributed by atoms with E-state index in [1.165, 1.54) is 12.1 Å². The number of methoxy groups -OCH3 is 1. The van der Waals surface area contributed by atoms with Crippen LogP contribution in [-0.2, 0) is 9.59 Å². The molecule has 2 aromatic carbocycles. The zero-order valence-electron chi connectivity index (χ0n) is 16.4. The molecule has 2 fully saturated rings. The lowest BCUT2D eigenvalue weighted by molar-refractivity contribution is -0.384. The lowest BCUT2D eigenvalue weighted by Crippen LogP contribution is -2.37. The molecule has 4 rings (SSSR count). The minimum absolute atomic E-state index is 0.0242. The van der Waals surface area contributed by atoms with Gasteiger partial charge in [-0.25, -0.2) is 0 Å². The third-order valence-corrected chi connectivity index (χ3v) is 6.68. The Balaban J connectivity index is 1.48. The van der Waals surface area contributed by atoms with Gasteiger partial charge in [-0.05, 0) is 42.0 Å². The predicted molar refractivity (Wildman–Crippen MR) is 113 cm³/mol. The largest absolute Gasteiger partial charge is 0.497 e. The molecule has 0 spiro atoms. The fourth-order valence-corrected chi connectivity index (χ4v) is 5.12. The van der Waals surface area contributed by atoms with E-state index in [1.807, 2.05) is 12.1 Å². The van der Waals surface area contributed by atoms with Crippen molar-refractivity contribution in [2.24, 2.45) is 5.92 Å². The number of non-ortho nitro benzene ring substituents is 1. The fourth-order valence-electron chi connectivity index (χ4n) is 3.85. The van der Waals surface area contributed by atoms with Crippen LogP contribution in [0.2, 0.25) is 0 Å². The molecule has 2 amide bonds. The fraction of sp³-hybridized carbons (Fsp3) is 0.333. The normalized spacial score (nSPS) is 21.2. The summed E-state index contributed by atoms with van der Waals surface area (Å²) in [6.45, 7) is 0.941. The van der Waals surface area contributed by atoms with E-state index in [4.69, 9.17) is 4.74 Å². The highest BCUT2D eigenvalue weighted by atomic mass is 32.2. The molecule has 8 nitrogen and oxygen atoms in total. The molecule has 9 heteroatoms. The number of nitro groups is 1. The molecular weight excluding hydrogens is 406 g/mol. The maximum absolute atomic E-state index is 13.2. The first-order valence-corrected chi connectivity index (χ1v) is 10.6. The maximum Gasteiger partial charge on any atom is 0.269 e. The Morgan fingerprint density at radius 3 is 2.50 bits per heavy atom. The third kappa shape index (κ3) is 3.85. The Hall–Kier alpha value is -3.07. The van der Waals surface area contributed by atoms with E-state index < -0.39 is 10.8 Å². The summed E-state index contributed by atoms with van der Waals surface area (Å²) in [6.07, 6.45) is 0.180. The van der Waals surface area contributed by atoms with Crippen LogP contribution < -0.4 is 9.64 Å². The Morgan fingerprint density at radius 1 is 1.17 bits per heavy atom. The standard InChI is InChI=1S/C21H21N3O5S/c1-29-18-8-6-16(7-9-18)23-13-15(12-19(23)25)20(26)22-10-11-30-21(22)14-2-4-17(5-3-14)24(27)28/h2-9,15,21H,10-13H2,1H3. The van der Waals surface area contributed by atoms with Crippen molar-refractivity contribution in [3.05, 3.63) is 64.2 Å². The van der Waals surface area contributed by atoms with Gasteiger partial charge in [-0.3, -0.25) is 19.7 Å². The van der Waals surface area contributed by atoms with Crippen LogP contribution in [-0.4, -0.2) is 47.6 Å². The van der Waals surface area contributed by atoms with Crippen LogP contribution in [0.5, 0.6) is 5.75 Å². The maximum atomic E-state index is 13.2. The van der Waals surface area contributed by atoms with Crippen molar-refractivity contribution in [3.8, 4) is 5.75 Å². The van der Waals surface area contributed by atoms with E-state index in [2.05, 4.69) is 0 Å². The van der Waals surface area contributed by atoms with Crippen molar-refractivity contribution in [2.45, 2.75) is 11.8 Å². The number of rotatable bonds is 5. The van der Waals surface area contributed by atoms with Crippen LogP contribution in [0.15, 0.2) is 48.5 Å². The highest BCUT2D eigenvalue weighted by Crippen LogP contribution is 2.40. The van der Waals surface area contributed by atoms with Crippen LogP contribution in [0.4, 0.5) is 11.4 Å². The second-order valence-corrected chi connectivity index (χ2v) is 8.39. The summed E-state index contributed by atoms with van der Waals surface area (Å²) in [5.41, 5.74) is 1.63. The van der Waals surface area contributed by atoms with E-state index in [9.17, 15) is 19.7 Å². The van der Waals surface area contributed by atoms with Gasteiger partial charge in [0.2, 0.25) is 11.8 Å². The predicted octanol–water partition coefficient (Wildman–Crippen LogP) is 3.23. The summed E-state index contributed by atoms with van der Waals surface area (Å²) in [5.74, 6) is 0.970. The summed E-state index contributed by atoms with van der Waals surface area (Å²) in [5, 5.41) is 10.7. The van der Waals surface area contributed by atoms with Gasteiger partial charge in [0.05, 0.1) is 18.0 Å². The minimum atomic E-state index is -0.438. The monoisotopic (exact) mass is 427 g/mol. The van der Waals surface area contributed by atoms with E-state index >= 15 is 0 Å². The van der Waals surface area contributed by atoms with Crippen LogP contribution in [0.25, 0.3) is 0 Å². The second kappa shape index (κ2) is 8.35. The van der Waals surface area contributed by atoms with E-state index in [0.29, 0.717) is 18.8 Å². The summed E-state index contributed by atoms with van der Waals surface area (Å²) in [6, 6.07) is 13.5. The molecule has 0 N–H and O–H groups in total. The number of amides is 2. The van der Waals surface area contributed by atoms with Crippen LogP contribution >= 0.6 is 11.8 Å². The Morgan fingerprint density at radius 2 is 1.87 bits per heavy atom. The van der Waals surface area contributed by atoms with Crippen LogP contribution in [0.3, 0.4) is 0 Å². The molecule has 0 aliphatic carbocycles. The topological polar surface area (TPSA) is 93.0 Å². The third-order valence-electron chi connectivity index (χ3n) is 5.42. The van der Waals surface area contributed by atoms with Crippen molar-refractivity contribution < 1.29 is 19.2 Å². The zero-order valence-corrected chi connectivity index (χ0v) is 17.2. The molecule has 0 bridgehead atoms. The number of carbonyl (C=O) groups excluding carboxylic acids is 2. The molecule has 2 aliphatic heterocycles. The molecule has 2 aromatic rings. The number of thioether (sulfide) groups is 1. The van der Waals surface area contributed by atoms with Gasteiger partial charge in [0, 0.05) is 43.1 Å². The number of anilines is 1. The van der Waals surface area contributed by atoms with Gasteiger partial charge in [0.25, 0.3) is 5.69 Å². The van der Waals surface area contributed by atoms with Gasteiger partial charge in [-0.15, -0.1) is 11.8 Å². The lowest BCUT2D eigenvalue weighted by atomic mass is 10.1. The average molecular weight is 427 g/mol. The zero-order chi connectivity index (χ0) is 21.3. The first-order chi connectivity index (χ1) is 14.5. The molecule has 0 saturated carbocycles. The molecule has 2 unspecified atom stereocenters. The van der Waals surface area contributed by atoms with Crippen molar-refractivity contribution in [3.63, 3.8) is 0 Å². The Bertz CT molecular complexity index is 964. The molecule has 2 atom stereocenters. The van der Waals surface area contributed by atoms with Gasteiger partial charge in [-0.1, -0.05) is 0 Å². The number of hydrogen-bond donors (Lipinski definition) is 0. The molecule has 156 valence electrons. The summed E-state index contributed by atoms with van der Waals surface area (Å²) >= 11 is 1.63. The highest BCUT2D eigenvalue weighted by molar-refractivity contribution is 7.99. The SMILES string of the molecule is COc1ccc(N2CC(C(=O)N3CCSC3c3ccc([N+](=O)[O-])cc3)CC2=O)cc1. The van der Waals surface area contributed by atoms with Crippen LogP contribution in [0, 0.1) is 16.0 Å². The smallest absolute Gasteiger partial charge is 0.269 e. The van der Waals surface area contributed by atoms with Crippen LogP contribution in [0.1, 0.15) is 17.4 Å². The quantitative estimate of drug-likeness (QED) is 0.537. The first kappa shape index (κ1) is 20.2. The average Bonchev–Trinajstić information content (AvgIpc) is 3.40. The number of nitrogens with zero attached hydrogens (tertiary/aromatic N) is 3. The lowest BCUT2D eigenvalue weighted by Gasteiger charge is -2.26. The molecule has 2 heterocycles. The number of benzene rings is 2. The number of hydrogen-bond acceptors (Lipinski definition) is 6. The second-order valence-electron chi connectivity index (χ2n) is 7.21. The van der Waals surface area contributed by atoms with Gasteiger partial charge in [0.15, 0.2) is 0 Å². The minimum Gasteiger partial charge on any atom is -0.497 e. The number of carbonyl (C=O) groups is 2. The van der Waals surface area contributed by atoms with Gasteiger partial charge >= 0.3 is 0 Å². The number of ether oxygens (including phenoxy) is 1. The molecule has 2 aliphatic rings. The Labute approximate surface area is 177 Å². The van der Waals surface area contributed by atoms with Gasteiger partial charge < -0.3 is 14.5 Å². The molecule has 0 aromatic heterocycles. The van der Waals surface area contributed by atoms with Crippen molar-refractivity contribution in [1.29, 1.82) is 0 Å². The van der Waals surface area contributed by atoms with Crippen molar-refractivity contribution >= 4 is 35.0 Å². The van der Waals surface area contributed by atoms with E-state index in [0.717, 1.165) is 17.0 Å². The number of nitro benzene ring substituents is 1.